The molecule has 0 spiro atoms. The molecule has 2 fully saturated rings. The number of aliphatic carboxylic acids is 1. The summed E-state index contributed by atoms with van der Waals surface area (Å²) in [4.78, 5) is 49.4. The van der Waals surface area contributed by atoms with Crippen molar-refractivity contribution in [1.82, 2.24) is 4.90 Å². The second-order valence-electron chi connectivity index (χ2n) is 12.4. The number of rotatable bonds is 10. The van der Waals surface area contributed by atoms with E-state index in [1.807, 2.05) is 0 Å². The molecule has 2 aromatic rings. The summed E-state index contributed by atoms with van der Waals surface area (Å²) < 4.78 is 37.7. The van der Waals surface area contributed by atoms with E-state index >= 15 is 0 Å². The van der Waals surface area contributed by atoms with Gasteiger partial charge in [0.05, 0.1) is 44.4 Å². The molecule has 0 aromatic heterocycles. The van der Waals surface area contributed by atoms with Gasteiger partial charge in [0, 0.05) is 18.0 Å². The van der Waals surface area contributed by atoms with Gasteiger partial charge in [0.2, 0.25) is 5.91 Å². The maximum atomic E-state index is 13.9. The minimum Gasteiger partial charge on any atom is -0.542 e. The maximum absolute atomic E-state index is 13.9. The summed E-state index contributed by atoms with van der Waals surface area (Å²) in [5.41, 5.74) is 7.63. The van der Waals surface area contributed by atoms with Gasteiger partial charge in [-0.25, -0.2) is 9.59 Å². The molecule has 1 heterocycles. The SMILES string of the molecule is CC(C)OC(=O)c1ccc(NC(=O)N([C@@H]2CCC[N+](C)(CC3CC3)C2)[C@@H](Cc2ccc(O)cc2)C(N)=O)cc1.O=C([O-])C(F)(F)F. The number of alkyl halides is 3. The monoisotopic (exact) mass is 650 g/mol. The highest BCUT2D eigenvalue weighted by atomic mass is 19.4. The molecule has 3 amide bonds. The molecule has 1 aliphatic carbocycles. The standard InChI is InChI=1S/C30H40N4O5.C2HF3O2/c1-20(2)39-29(37)23-10-12-24(13-11-23)32-30(38)33(25-5-4-16-34(3,19-25)18-22-6-7-22)27(28(31)36)17-21-8-14-26(35)15-9-21;3-2(4,5)1(6)7/h8-15,20,22,25,27H,4-7,16-19H2,1-3H3,(H3-,31,32,35,36,37,38);(H,6,7)/t25-,27+,34?;/m1./s1. The lowest BCUT2D eigenvalue weighted by Gasteiger charge is -2.46. The van der Waals surface area contributed by atoms with E-state index in [0.29, 0.717) is 11.3 Å². The number of nitrogens with one attached hydrogen (secondary N) is 1. The number of carbonyl (C=O) groups is 4. The highest BCUT2D eigenvalue weighted by Crippen LogP contribution is 2.34. The average Bonchev–Trinajstić information content (AvgIpc) is 3.77. The molecule has 0 radical (unpaired) electrons. The number of benzene rings is 2. The Kier molecular flexibility index (Phi) is 12.0. The van der Waals surface area contributed by atoms with Crippen LogP contribution in [-0.4, -0.2) is 89.4 Å². The van der Waals surface area contributed by atoms with Crippen LogP contribution in [0.3, 0.4) is 0 Å². The van der Waals surface area contributed by atoms with Crippen molar-refractivity contribution < 1.29 is 51.8 Å². The molecule has 3 atom stereocenters. The Hall–Kier alpha value is -4.33. The number of phenolic OH excluding ortho intramolecular Hbond substituents is 1. The number of carboxylic acids is 1. The zero-order valence-corrected chi connectivity index (χ0v) is 26.1. The van der Waals surface area contributed by atoms with Crippen molar-refractivity contribution in [3.8, 4) is 5.75 Å². The number of primary amides is 1. The number of nitrogens with two attached hydrogens (primary N) is 1. The first-order chi connectivity index (χ1) is 21.5. The van der Waals surface area contributed by atoms with Gasteiger partial charge in [-0.1, -0.05) is 12.1 Å². The minimum atomic E-state index is -5.19. The minimum absolute atomic E-state index is 0.130. The van der Waals surface area contributed by atoms with Gasteiger partial charge in [0.15, 0.2) is 0 Å². The van der Waals surface area contributed by atoms with E-state index in [9.17, 15) is 32.7 Å². The molecule has 4 rings (SSSR count). The van der Waals surface area contributed by atoms with Crippen molar-refractivity contribution in [2.75, 3.05) is 32.0 Å². The van der Waals surface area contributed by atoms with Crippen LogP contribution in [0.25, 0.3) is 0 Å². The van der Waals surface area contributed by atoms with Gasteiger partial charge >= 0.3 is 18.2 Å². The number of anilines is 1. The first kappa shape index (κ1) is 36.1. The van der Waals surface area contributed by atoms with Crippen LogP contribution in [0, 0.1) is 5.92 Å². The molecule has 4 N–H and O–H groups in total. The molecule has 1 saturated carbocycles. The number of hydrogen-bond acceptors (Lipinski definition) is 7. The van der Waals surface area contributed by atoms with Crippen LogP contribution in [0.5, 0.6) is 5.75 Å². The lowest BCUT2D eigenvalue weighted by atomic mass is 9.96. The third-order valence-corrected chi connectivity index (χ3v) is 7.89. The van der Waals surface area contributed by atoms with Crippen LogP contribution in [0.2, 0.25) is 0 Å². The van der Waals surface area contributed by atoms with E-state index in [1.165, 1.54) is 12.8 Å². The smallest absolute Gasteiger partial charge is 0.430 e. The van der Waals surface area contributed by atoms with Gasteiger partial charge in [-0.3, -0.25) is 4.79 Å². The van der Waals surface area contributed by atoms with Crippen molar-refractivity contribution in [3.63, 3.8) is 0 Å². The Morgan fingerprint density at radius 1 is 1.07 bits per heavy atom. The molecule has 1 unspecified atom stereocenters. The number of likely N-dealkylation sites (tertiary alicyclic amines) is 1. The largest absolute Gasteiger partial charge is 0.542 e. The summed E-state index contributed by atoms with van der Waals surface area (Å²) in [7, 11) is 2.24. The molecule has 0 bridgehead atoms. The number of urea groups is 1. The number of carboxylic acid groups (broad SMARTS) is 1. The molecule has 46 heavy (non-hydrogen) atoms. The number of carbonyl (C=O) groups excluding carboxylic acids is 4. The van der Waals surface area contributed by atoms with Crippen LogP contribution in [0.1, 0.15) is 55.5 Å². The molecule has 1 aliphatic heterocycles. The number of ether oxygens (including phenoxy) is 1. The highest BCUT2D eigenvalue weighted by Gasteiger charge is 2.43. The predicted molar refractivity (Wildman–Crippen MR) is 160 cm³/mol. The molecule has 2 aliphatic rings. The molecule has 11 nitrogen and oxygen atoms in total. The second-order valence-corrected chi connectivity index (χ2v) is 12.4. The summed E-state index contributed by atoms with van der Waals surface area (Å²) >= 11 is 0. The Labute approximate surface area is 265 Å². The summed E-state index contributed by atoms with van der Waals surface area (Å²) in [6, 6.07) is 11.7. The van der Waals surface area contributed by atoms with Crippen molar-refractivity contribution >= 4 is 29.6 Å². The van der Waals surface area contributed by atoms with Crippen LogP contribution in [0.4, 0.5) is 23.7 Å². The number of hydrogen-bond donors (Lipinski definition) is 3. The number of likely N-dealkylation sites (N-methyl/N-ethyl adjacent to an activating group) is 1. The van der Waals surface area contributed by atoms with E-state index in [1.54, 1.807) is 67.3 Å². The lowest BCUT2D eigenvalue weighted by molar-refractivity contribution is -0.917. The maximum Gasteiger partial charge on any atom is 0.430 e. The predicted octanol–water partition coefficient (Wildman–Crippen LogP) is 3.21. The van der Waals surface area contributed by atoms with Gasteiger partial charge in [0.25, 0.3) is 0 Å². The molecular weight excluding hydrogens is 609 g/mol. The number of amides is 3. The van der Waals surface area contributed by atoms with E-state index in [0.717, 1.165) is 48.4 Å². The van der Waals surface area contributed by atoms with Crippen molar-refractivity contribution in [1.29, 1.82) is 0 Å². The van der Waals surface area contributed by atoms with Crippen LogP contribution in [-0.2, 0) is 20.7 Å². The van der Waals surface area contributed by atoms with Crippen molar-refractivity contribution in [2.45, 2.75) is 70.3 Å². The number of piperidine rings is 1. The van der Waals surface area contributed by atoms with Gasteiger partial charge in [0.1, 0.15) is 17.8 Å². The summed E-state index contributed by atoms with van der Waals surface area (Å²) in [5.74, 6) is -3.15. The zero-order chi connectivity index (χ0) is 34.2. The van der Waals surface area contributed by atoms with Gasteiger partial charge in [-0.05, 0) is 81.5 Å². The van der Waals surface area contributed by atoms with Crippen molar-refractivity contribution in [3.05, 3.63) is 59.7 Å². The second kappa shape index (κ2) is 15.3. The van der Waals surface area contributed by atoms with Gasteiger partial charge < -0.3 is 40.2 Å². The number of nitrogens with zero attached hydrogens (tertiary/aromatic N) is 2. The number of phenols is 1. The Bertz CT molecular complexity index is 1370. The third-order valence-electron chi connectivity index (χ3n) is 7.89. The Balaban J connectivity index is 0.000000738. The summed E-state index contributed by atoms with van der Waals surface area (Å²) in [6.45, 7) is 6.46. The van der Waals surface area contributed by atoms with E-state index in [4.69, 9.17) is 20.4 Å². The number of quaternary nitrogens is 1. The fourth-order valence-corrected chi connectivity index (χ4v) is 5.63. The fraction of sp³-hybridized carbons (Fsp3) is 0.500. The quantitative estimate of drug-likeness (QED) is 0.263. The summed E-state index contributed by atoms with van der Waals surface area (Å²) in [5, 5.41) is 21.4. The van der Waals surface area contributed by atoms with Gasteiger partial charge in [-0.2, -0.15) is 13.2 Å². The zero-order valence-electron chi connectivity index (χ0n) is 26.1. The first-order valence-electron chi connectivity index (χ1n) is 15.1. The van der Waals surface area contributed by atoms with E-state index < -0.39 is 36.1 Å². The van der Waals surface area contributed by atoms with Gasteiger partial charge in [-0.15, -0.1) is 0 Å². The van der Waals surface area contributed by atoms with E-state index in [2.05, 4.69) is 12.4 Å². The average molecular weight is 651 g/mol. The van der Waals surface area contributed by atoms with Crippen LogP contribution < -0.4 is 16.2 Å². The van der Waals surface area contributed by atoms with Crippen LogP contribution >= 0.6 is 0 Å². The normalized spacial score (nSPS) is 20.1. The first-order valence-corrected chi connectivity index (χ1v) is 15.1. The number of esters is 1. The summed E-state index contributed by atoms with van der Waals surface area (Å²) in [6.07, 6.45) is -0.932. The number of aromatic hydroxyl groups is 1. The van der Waals surface area contributed by atoms with E-state index in [-0.39, 0.29) is 24.3 Å². The third kappa shape index (κ3) is 10.9. The Morgan fingerprint density at radius 3 is 2.15 bits per heavy atom. The Morgan fingerprint density at radius 2 is 1.65 bits per heavy atom. The molecule has 14 heteroatoms. The molecule has 2 aromatic carbocycles. The molecular formula is C32H41F3N4O7. The lowest BCUT2D eigenvalue weighted by Crippen LogP contribution is -2.63. The van der Waals surface area contributed by atoms with Crippen molar-refractivity contribution in [2.24, 2.45) is 11.7 Å². The number of halogens is 3. The highest BCUT2D eigenvalue weighted by molar-refractivity contribution is 5.95. The topological polar surface area (TPSA) is 162 Å². The molecule has 1 saturated heterocycles. The molecule has 252 valence electrons. The van der Waals surface area contributed by atoms with Crippen LogP contribution in [0.15, 0.2) is 48.5 Å². The fourth-order valence-electron chi connectivity index (χ4n) is 5.63.